The molecule has 80 valence electrons. The van der Waals surface area contributed by atoms with Crippen molar-refractivity contribution in [3.8, 4) is 0 Å². The van der Waals surface area contributed by atoms with E-state index in [-0.39, 0.29) is 12.2 Å². The lowest BCUT2D eigenvalue weighted by molar-refractivity contribution is 0.00335. The SMILES string of the molecule is CC1OC(C(C)(C)N=[N+]=[N-])C(C)C1C. The minimum absolute atomic E-state index is 0.0309. The molecule has 1 heterocycles. The summed E-state index contributed by atoms with van der Waals surface area (Å²) in [5.74, 6) is 0.957. The summed E-state index contributed by atoms with van der Waals surface area (Å²) in [6, 6.07) is 0. The number of hydrogen-bond donors (Lipinski definition) is 0. The zero-order valence-corrected chi connectivity index (χ0v) is 9.56. The van der Waals surface area contributed by atoms with Crippen molar-refractivity contribution >= 4 is 0 Å². The van der Waals surface area contributed by atoms with Gasteiger partial charge in [0, 0.05) is 4.91 Å². The van der Waals surface area contributed by atoms with Gasteiger partial charge in [0.25, 0.3) is 0 Å². The number of hydrogen-bond acceptors (Lipinski definition) is 2. The molecular formula is C10H19N3O. The van der Waals surface area contributed by atoms with Crippen LogP contribution in [-0.2, 0) is 4.74 Å². The zero-order valence-electron chi connectivity index (χ0n) is 9.56. The highest BCUT2D eigenvalue weighted by Gasteiger charge is 2.44. The largest absolute Gasteiger partial charge is 0.374 e. The standard InChI is InChI=1S/C10H19N3O/c1-6-7(2)9(14-8(6)3)10(4,5)12-13-11/h6-9H,1-5H3. The lowest BCUT2D eigenvalue weighted by atomic mass is 9.83. The van der Waals surface area contributed by atoms with Gasteiger partial charge in [0.05, 0.1) is 17.7 Å². The molecule has 0 aromatic rings. The van der Waals surface area contributed by atoms with Gasteiger partial charge >= 0.3 is 0 Å². The second-order valence-electron chi connectivity index (χ2n) is 4.82. The van der Waals surface area contributed by atoms with Crippen LogP contribution in [0, 0.1) is 11.8 Å². The summed E-state index contributed by atoms with van der Waals surface area (Å²) < 4.78 is 5.84. The van der Waals surface area contributed by atoms with Gasteiger partial charge in [0.1, 0.15) is 0 Å². The molecule has 0 bridgehead atoms. The molecule has 0 aromatic carbocycles. The molecule has 0 amide bonds. The van der Waals surface area contributed by atoms with Gasteiger partial charge in [-0.3, -0.25) is 0 Å². The van der Waals surface area contributed by atoms with Gasteiger partial charge in [-0.25, -0.2) is 0 Å². The monoisotopic (exact) mass is 197 g/mol. The molecule has 1 fully saturated rings. The molecule has 4 nitrogen and oxygen atoms in total. The van der Waals surface area contributed by atoms with Crippen molar-refractivity contribution in [3.05, 3.63) is 10.4 Å². The molecule has 1 aliphatic heterocycles. The third-order valence-corrected chi connectivity index (χ3v) is 3.41. The zero-order chi connectivity index (χ0) is 10.9. The Morgan fingerprint density at radius 3 is 2.14 bits per heavy atom. The molecule has 4 atom stereocenters. The van der Waals surface area contributed by atoms with Crippen LogP contribution in [0.3, 0.4) is 0 Å². The number of rotatable bonds is 2. The van der Waals surface area contributed by atoms with Gasteiger partial charge in [-0.05, 0) is 24.3 Å². The van der Waals surface area contributed by atoms with Gasteiger partial charge in [-0.2, -0.15) is 0 Å². The number of nitrogens with zero attached hydrogens (tertiary/aromatic N) is 3. The Hall–Kier alpha value is -0.730. The smallest absolute Gasteiger partial charge is 0.0715 e. The Morgan fingerprint density at radius 2 is 1.79 bits per heavy atom. The summed E-state index contributed by atoms with van der Waals surface area (Å²) >= 11 is 0. The molecule has 0 spiro atoms. The molecule has 0 aliphatic carbocycles. The minimum atomic E-state index is -0.451. The van der Waals surface area contributed by atoms with E-state index in [1.165, 1.54) is 0 Å². The molecule has 1 aliphatic rings. The van der Waals surface area contributed by atoms with Crippen LogP contribution in [0.15, 0.2) is 5.11 Å². The summed E-state index contributed by atoms with van der Waals surface area (Å²) in [6.07, 6.45) is 0.284. The molecule has 0 N–H and O–H groups in total. The average molecular weight is 197 g/mol. The first-order valence-corrected chi connectivity index (χ1v) is 5.12. The predicted octanol–water partition coefficient (Wildman–Crippen LogP) is 3.13. The summed E-state index contributed by atoms with van der Waals surface area (Å²) in [6.45, 7) is 10.3. The fourth-order valence-electron chi connectivity index (χ4n) is 2.16. The topological polar surface area (TPSA) is 58.0 Å². The van der Waals surface area contributed by atoms with Crippen molar-refractivity contribution in [2.75, 3.05) is 0 Å². The van der Waals surface area contributed by atoms with Crippen molar-refractivity contribution in [1.82, 2.24) is 0 Å². The molecule has 0 radical (unpaired) electrons. The average Bonchev–Trinajstić information content (AvgIpc) is 2.33. The molecule has 0 aromatic heterocycles. The van der Waals surface area contributed by atoms with Gasteiger partial charge < -0.3 is 4.74 Å². The molecule has 1 saturated heterocycles. The maximum atomic E-state index is 8.48. The van der Waals surface area contributed by atoms with Gasteiger partial charge in [0.15, 0.2) is 0 Å². The van der Waals surface area contributed by atoms with Crippen molar-refractivity contribution in [2.24, 2.45) is 17.0 Å². The van der Waals surface area contributed by atoms with Crippen LogP contribution in [0.1, 0.15) is 34.6 Å². The van der Waals surface area contributed by atoms with Crippen LogP contribution in [-0.4, -0.2) is 17.7 Å². The van der Waals surface area contributed by atoms with Crippen molar-refractivity contribution in [1.29, 1.82) is 0 Å². The van der Waals surface area contributed by atoms with Crippen molar-refractivity contribution in [3.63, 3.8) is 0 Å². The van der Waals surface area contributed by atoms with E-state index < -0.39 is 5.54 Å². The fourth-order valence-corrected chi connectivity index (χ4v) is 2.16. The first-order valence-electron chi connectivity index (χ1n) is 5.12. The van der Waals surface area contributed by atoms with Crippen LogP contribution in [0.2, 0.25) is 0 Å². The van der Waals surface area contributed by atoms with E-state index in [1.54, 1.807) is 0 Å². The minimum Gasteiger partial charge on any atom is -0.374 e. The maximum absolute atomic E-state index is 8.48. The molecular weight excluding hydrogens is 178 g/mol. The Kier molecular flexibility index (Phi) is 3.07. The third-order valence-electron chi connectivity index (χ3n) is 3.41. The Balaban J connectivity index is 2.85. The third kappa shape index (κ3) is 1.86. The van der Waals surface area contributed by atoms with E-state index >= 15 is 0 Å². The van der Waals surface area contributed by atoms with Crippen LogP contribution in [0.25, 0.3) is 10.4 Å². The molecule has 1 rings (SSSR count). The lowest BCUT2D eigenvalue weighted by Gasteiger charge is -2.29. The van der Waals surface area contributed by atoms with Gasteiger partial charge in [-0.15, -0.1) is 0 Å². The van der Waals surface area contributed by atoms with E-state index in [0.29, 0.717) is 11.8 Å². The second kappa shape index (κ2) is 3.79. The fraction of sp³-hybridized carbons (Fsp3) is 1.00. The van der Waals surface area contributed by atoms with E-state index in [9.17, 15) is 0 Å². The highest BCUT2D eigenvalue weighted by Crippen LogP contribution is 2.38. The molecule has 4 heteroatoms. The molecule has 0 saturated carbocycles. The Labute approximate surface area is 85.3 Å². The summed E-state index contributed by atoms with van der Waals surface area (Å²) in [7, 11) is 0. The predicted molar refractivity (Wildman–Crippen MR) is 55.9 cm³/mol. The van der Waals surface area contributed by atoms with Crippen LogP contribution >= 0.6 is 0 Å². The van der Waals surface area contributed by atoms with E-state index in [1.807, 2.05) is 13.8 Å². The van der Waals surface area contributed by atoms with E-state index in [4.69, 9.17) is 10.3 Å². The molecule has 14 heavy (non-hydrogen) atoms. The van der Waals surface area contributed by atoms with Crippen LogP contribution in [0.4, 0.5) is 0 Å². The first-order chi connectivity index (χ1) is 6.40. The maximum Gasteiger partial charge on any atom is 0.0715 e. The van der Waals surface area contributed by atoms with E-state index in [2.05, 4.69) is 30.8 Å². The van der Waals surface area contributed by atoms with E-state index in [0.717, 1.165) is 0 Å². The number of azide groups is 1. The Bertz CT molecular complexity index is 258. The van der Waals surface area contributed by atoms with Gasteiger partial charge in [0.2, 0.25) is 0 Å². The summed E-state index contributed by atoms with van der Waals surface area (Å²) in [5, 5.41) is 3.81. The second-order valence-corrected chi connectivity index (χ2v) is 4.82. The lowest BCUT2D eigenvalue weighted by Crippen LogP contribution is -2.38. The Morgan fingerprint density at radius 1 is 1.21 bits per heavy atom. The van der Waals surface area contributed by atoms with Crippen molar-refractivity contribution < 1.29 is 4.74 Å². The normalized spacial score (nSPS) is 38.1. The van der Waals surface area contributed by atoms with Crippen LogP contribution < -0.4 is 0 Å². The van der Waals surface area contributed by atoms with Crippen molar-refractivity contribution in [2.45, 2.75) is 52.4 Å². The quantitative estimate of drug-likeness (QED) is 0.381. The summed E-state index contributed by atoms with van der Waals surface area (Å²) in [5.41, 5.74) is 8.03. The van der Waals surface area contributed by atoms with Gasteiger partial charge in [-0.1, -0.05) is 32.8 Å². The molecule has 4 unspecified atom stereocenters. The number of ether oxygens (including phenoxy) is 1. The first kappa shape index (κ1) is 11.3. The van der Waals surface area contributed by atoms with Crippen LogP contribution in [0.5, 0.6) is 0 Å². The highest BCUT2D eigenvalue weighted by atomic mass is 16.5. The highest BCUT2D eigenvalue weighted by molar-refractivity contribution is 4.97. The summed E-state index contributed by atoms with van der Waals surface area (Å²) in [4.78, 5) is 2.88.